The molecule has 0 aliphatic heterocycles. The third-order valence-electron chi connectivity index (χ3n) is 3.12. The summed E-state index contributed by atoms with van der Waals surface area (Å²) >= 11 is 0. The van der Waals surface area contributed by atoms with E-state index in [0.717, 1.165) is 0 Å². The van der Waals surface area contributed by atoms with Crippen LogP contribution in [-0.4, -0.2) is 25.0 Å². The highest BCUT2D eigenvalue weighted by molar-refractivity contribution is 5.84. The molecule has 0 atom stereocenters. The third kappa shape index (κ3) is 6.51. The third-order valence-corrected chi connectivity index (χ3v) is 3.12. The molecule has 1 heterocycles. The second kappa shape index (κ2) is 9.34. The lowest BCUT2D eigenvalue weighted by atomic mass is 10.3. The van der Waals surface area contributed by atoms with Crippen LogP contribution in [0.2, 0.25) is 0 Å². The number of carbonyl (C=O) groups is 2. The zero-order chi connectivity index (χ0) is 17.2. The van der Waals surface area contributed by atoms with Gasteiger partial charge in [-0.1, -0.05) is 0 Å². The molecule has 2 rings (SSSR count). The number of carbonyl (C=O) groups excluding carboxylic acids is 2. The van der Waals surface area contributed by atoms with Crippen molar-refractivity contribution in [3.05, 3.63) is 54.2 Å². The second-order valence-corrected chi connectivity index (χ2v) is 5.04. The van der Waals surface area contributed by atoms with Crippen molar-refractivity contribution in [2.24, 2.45) is 0 Å². The van der Waals surface area contributed by atoms with Gasteiger partial charge in [0.05, 0.1) is 26.0 Å². The Labute approximate surface area is 139 Å². The number of nitrogens with one attached hydrogen (secondary N) is 2. The number of ether oxygens (including phenoxy) is 1. The van der Waals surface area contributed by atoms with Crippen LogP contribution in [0, 0.1) is 5.82 Å². The van der Waals surface area contributed by atoms with E-state index in [-0.39, 0.29) is 37.1 Å². The summed E-state index contributed by atoms with van der Waals surface area (Å²) in [5.74, 6) is 0.349. The Bertz CT molecular complexity index is 641. The largest absolute Gasteiger partial charge is 0.494 e. The van der Waals surface area contributed by atoms with Gasteiger partial charge in [0.2, 0.25) is 11.8 Å². The normalized spacial score (nSPS) is 10.2. The molecule has 0 fully saturated rings. The molecule has 0 saturated carbocycles. The first-order valence-electron chi connectivity index (χ1n) is 7.57. The minimum atomic E-state index is -0.327. The zero-order valence-electron chi connectivity index (χ0n) is 13.1. The second-order valence-electron chi connectivity index (χ2n) is 5.04. The minimum Gasteiger partial charge on any atom is -0.494 e. The van der Waals surface area contributed by atoms with Crippen LogP contribution in [0.3, 0.4) is 0 Å². The van der Waals surface area contributed by atoms with Crippen LogP contribution in [0.1, 0.15) is 18.6 Å². The molecule has 2 aromatic rings. The maximum absolute atomic E-state index is 12.7. The average molecular weight is 334 g/mol. The van der Waals surface area contributed by atoms with Crippen molar-refractivity contribution in [2.45, 2.75) is 19.4 Å². The summed E-state index contributed by atoms with van der Waals surface area (Å²) in [4.78, 5) is 23.2. The lowest BCUT2D eigenvalue weighted by molar-refractivity contribution is -0.126. The molecular weight excluding hydrogens is 315 g/mol. The van der Waals surface area contributed by atoms with E-state index >= 15 is 0 Å². The number of furan rings is 1. The van der Waals surface area contributed by atoms with Crippen LogP contribution in [0.5, 0.6) is 5.75 Å². The molecule has 2 amide bonds. The molecular formula is C17H19FN2O4. The van der Waals surface area contributed by atoms with E-state index < -0.39 is 0 Å². The molecule has 24 heavy (non-hydrogen) atoms. The molecule has 0 saturated heterocycles. The highest BCUT2D eigenvalue weighted by atomic mass is 19.1. The van der Waals surface area contributed by atoms with Gasteiger partial charge in [0.15, 0.2) is 0 Å². The van der Waals surface area contributed by atoms with Crippen LogP contribution in [0.25, 0.3) is 0 Å². The molecule has 0 aliphatic rings. The van der Waals surface area contributed by atoms with Gasteiger partial charge in [-0.05, 0) is 42.8 Å². The summed E-state index contributed by atoms with van der Waals surface area (Å²) in [6.45, 7) is 0.537. The van der Waals surface area contributed by atoms with Gasteiger partial charge in [-0.2, -0.15) is 0 Å². The van der Waals surface area contributed by atoms with E-state index in [0.29, 0.717) is 24.5 Å². The van der Waals surface area contributed by atoms with Crippen molar-refractivity contribution in [2.75, 3.05) is 13.2 Å². The molecule has 2 N–H and O–H groups in total. The Kier molecular flexibility index (Phi) is 6.82. The highest BCUT2D eigenvalue weighted by Gasteiger charge is 2.06. The topological polar surface area (TPSA) is 80.6 Å². The molecule has 7 heteroatoms. The zero-order valence-corrected chi connectivity index (χ0v) is 13.1. The van der Waals surface area contributed by atoms with Crippen molar-refractivity contribution in [3.8, 4) is 5.75 Å². The first-order chi connectivity index (χ1) is 11.6. The fourth-order valence-electron chi connectivity index (χ4n) is 1.88. The van der Waals surface area contributed by atoms with Gasteiger partial charge in [-0.25, -0.2) is 4.39 Å². The summed E-state index contributed by atoms with van der Waals surface area (Å²) < 4.78 is 23.2. The van der Waals surface area contributed by atoms with Gasteiger partial charge < -0.3 is 19.8 Å². The van der Waals surface area contributed by atoms with Gasteiger partial charge in [0.1, 0.15) is 17.3 Å². The molecule has 1 aromatic carbocycles. The molecule has 0 aliphatic carbocycles. The van der Waals surface area contributed by atoms with Crippen LogP contribution in [0.15, 0.2) is 47.1 Å². The van der Waals surface area contributed by atoms with E-state index in [1.54, 1.807) is 12.1 Å². The maximum atomic E-state index is 12.7. The highest BCUT2D eigenvalue weighted by Crippen LogP contribution is 2.11. The predicted octanol–water partition coefficient (Wildman–Crippen LogP) is 2.01. The fourth-order valence-corrected chi connectivity index (χ4v) is 1.88. The van der Waals surface area contributed by atoms with E-state index in [9.17, 15) is 14.0 Å². The smallest absolute Gasteiger partial charge is 0.239 e. The number of benzene rings is 1. The molecule has 1 aromatic heterocycles. The molecule has 128 valence electrons. The molecule has 0 unspecified atom stereocenters. The van der Waals surface area contributed by atoms with Crippen LogP contribution in [-0.2, 0) is 16.1 Å². The van der Waals surface area contributed by atoms with Crippen LogP contribution < -0.4 is 15.4 Å². The van der Waals surface area contributed by atoms with Gasteiger partial charge in [-0.3, -0.25) is 9.59 Å². The van der Waals surface area contributed by atoms with E-state index in [2.05, 4.69) is 10.6 Å². The Morgan fingerprint density at radius 1 is 1.08 bits per heavy atom. The standard InChI is InChI=1S/C17H19FN2O4/c18-13-5-7-14(8-6-13)23-10-2-4-16(21)20-12-17(22)19-11-15-3-1-9-24-15/h1,3,5-9H,2,4,10-12H2,(H,19,22)(H,20,21). The lowest BCUT2D eigenvalue weighted by Gasteiger charge is -2.07. The Morgan fingerprint density at radius 2 is 1.88 bits per heavy atom. The van der Waals surface area contributed by atoms with Crippen molar-refractivity contribution in [1.29, 1.82) is 0 Å². The quantitative estimate of drug-likeness (QED) is 0.688. The number of halogens is 1. The molecule has 0 bridgehead atoms. The van der Waals surface area contributed by atoms with E-state index in [4.69, 9.17) is 9.15 Å². The Balaban J connectivity index is 1.53. The van der Waals surface area contributed by atoms with Crippen LogP contribution >= 0.6 is 0 Å². The van der Waals surface area contributed by atoms with Gasteiger partial charge in [-0.15, -0.1) is 0 Å². The van der Waals surface area contributed by atoms with Gasteiger partial charge >= 0.3 is 0 Å². The fraction of sp³-hybridized carbons (Fsp3) is 0.294. The van der Waals surface area contributed by atoms with Crippen molar-refractivity contribution in [3.63, 3.8) is 0 Å². The monoisotopic (exact) mass is 334 g/mol. The van der Waals surface area contributed by atoms with E-state index in [1.165, 1.54) is 30.5 Å². The summed E-state index contributed by atoms with van der Waals surface area (Å²) in [5, 5.41) is 5.16. The number of amides is 2. The summed E-state index contributed by atoms with van der Waals surface area (Å²) in [6, 6.07) is 9.15. The van der Waals surface area contributed by atoms with Gasteiger partial charge in [0, 0.05) is 6.42 Å². The average Bonchev–Trinajstić information content (AvgIpc) is 3.10. The maximum Gasteiger partial charge on any atom is 0.239 e. The van der Waals surface area contributed by atoms with Crippen LogP contribution in [0.4, 0.5) is 4.39 Å². The Morgan fingerprint density at radius 3 is 2.58 bits per heavy atom. The molecule has 0 radical (unpaired) electrons. The number of rotatable bonds is 9. The van der Waals surface area contributed by atoms with Crippen molar-refractivity contribution in [1.82, 2.24) is 10.6 Å². The summed E-state index contributed by atoms with van der Waals surface area (Å²) in [7, 11) is 0. The number of hydrogen-bond acceptors (Lipinski definition) is 4. The van der Waals surface area contributed by atoms with Gasteiger partial charge in [0.25, 0.3) is 0 Å². The van der Waals surface area contributed by atoms with Crippen molar-refractivity contribution < 1.29 is 23.1 Å². The lowest BCUT2D eigenvalue weighted by Crippen LogP contribution is -2.36. The first-order valence-corrected chi connectivity index (χ1v) is 7.57. The number of hydrogen-bond donors (Lipinski definition) is 2. The first kappa shape index (κ1) is 17.5. The Hall–Kier alpha value is -2.83. The molecule has 6 nitrogen and oxygen atoms in total. The predicted molar refractivity (Wildman–Crippen MR) is 84.7 cm³/mol. The SMILES string of the molecule is O=C(CCCOc1ccc(F)cc1)NCC(=O)NCc1ccco1. The summed E-state index contributed by atoms with van der Waals surface area (Å²) in [6.07, 6.45) is 2.27. The molecule has 0 spiro atoms. The minimum absolute atomic E-state index is 0.0850. The van der Waals surface area contributed by atoms with E-state index in [1.807, 2.05) is 0 Å². The summed E-state index contributed by atoms with van der Waals surface area (Å²) in [5.41, 5.74) is 0. The van der Waals surface area contributed by atoms with Crippen molar-refractivity contribution >= 4 is 11.8 Å².